The largest absolute Gasteiger partial charge is 0.495 e. The first-order chi connectivity index (χ1) is 15.4. The summed E-state index contributed by atoms with van der Waals surface area (Å²) in [6.45, 7) is 5.82. The predicted octanol–water partition coefficient (Wildman–Crippen LogP) is 4.74. The summed E-state index contributed by atoms with van der Waals surface area (Å²) in [5, 5.41) is 21.1. The number of hydrogen-bond donors (Lipinski definition) is 2. The van der Waals surface area contributed by atoms with E-state index in [1.165, 1.54) is 11.1 Å². The van der Waals surface area contributed by atoms with Crippen LogP contribution >= 0.6 is 11.6 Å². The van der Waals surface area contributed by atoms with Crippen LogP contribution in [0.5, 0.6) is 11.5 Å². The minimum absolute atomic E-state index is 0.142. The van der Waals surface area contributed by atoms with Crippen LogP contribution in [0.4, 0.5) is 0 Å². The topological polar surface area (TPSA) is 62.2 Å². The van der Waals surface area contributed by atoms with Crippen molar-refractivity contribution in [1.29, 1.82) is 0 Å². The molecular formula is C26H34ClNO4. The number of ether oxygens (including phenoxy) is 2. The fraction of sp³-hybridized carbons (Fsp3) is 0.538. The zero-order chi connectivity index (χ0) is 22.9. The number of halogens is 1. The van der Waals surface area contributed by atoms with E-state index in [9.17, 15) is 5.11 Å². The summed E-state index contributed by atoms with van der Waals surface area (Å²) in [5.41, 5.74) is 3.78. The van der Waals surface area contributed by atoms with Crippen LogP contribution in [0.15, 0.2) is 30.3 Å². The highest BCUT2D eigenvalue weighted by atomic mass is 35.5. The van der Waals surface area contributed by atoms with Gasteiger partial charge in [0.1, 0.15) is 11.5 Å². The average Bonchev–Trinajstić information content (AvgIpc) is 3.02. The first-order valence-electron chi connectivity index (χ1n) is 11.5. The van der Waals surface area contributed by atoms with E-state index in [1.807, 2.05) is 18.2 Å². The van der Waals surface area contributed by atoms with Gasteiger partial charge in [0.2, 0.25) is 0 Å². The van der Waals surface area contributed by atoms with Crippen molar-refractivity contribution in [2.24, 2.45) is 0 Å². The van der Waals surface area contributed by atoms with Crippen molar-refractivity contribution in [3.8, 4) is 11.5 Å². The van der Waals surface area contributed by atoms with Crippen LogP contribution in [0, 0.1) is 13.8 Å². The number of aliphatic hydroxyl groups is 2. The first-order valence-corrected chi connectivity index (χ1v) is 11.9. The quantitative estimate of drug-likeness (QED) is 0.558. The van der Waals surface area contributed by atoms with Gasteiger partial charge in [-0.3, -0.25) is 4.90 Å². The lowest BCUT2D eigenvalue weighted by molar-refractivity contribution is -0.0596. The molecule has 2 atom stereocenters. The van der Waals surface area contributed by atoms with Gasteiger partial charge in [0.05, 0.1) is 24.3 Å². The number of rotatable bonds is 8. The molecule has 174 valence electrons. The molecule has 4 rings (SSSR count). The number of nitrogens with zero attached hydrogens (tertiary/aromatic N) is 1. The smallest absolute Gasteiger partial charge is 0.137 e. The van der Waals surface area contributed by atoms with Crippen LogP contribution in [0.3, 0.4) is 0 Å². The van der Waals surface area contributed by atoms with Crippen LogP contribution in [0.25, 0.3) is 0 Å². The Morgan fingerprint density at radius 3 is 2.44 bits per heavy atom. The molecule has 0 amide bonds. The molecule has 2 bridgehead atoms. The standard InChI is InChI=1S/C26H34ClNO4/c1-17-18(2)24(32-12-4-11-29)10-5-19(17)16-28-21-7-8-22(28)15-26(30,14-21)20-6-9-23(27)25(13-20)31-3/h5-6,9-10,13,21-22,29-30H,4,7-8,11-12,14-16H2,1-3H3. The Labute approximate surface area is 195 Å². The summed E-state index contributed by atoms with van der Waals surface area (Å²) in [6, 6.07) is 10.6. The molecule has 0 spiro atoms. The maximum Gasteiger partial charge on any atom is 0.137 e. The van der Waals surface area contributed by atoms with Crippen molar-refractivity contribution in [3.05, 3.63) is 57.6 Å². The van der Waals surface area contributed by atoms with Crippen molar-refractivity contribution < 1.29 is 19.7 Å². The van der Waals surface area contributed by atoms with Gasteiger partial charge in [-0.15, -0.1) is 0 Å². The van der Waals surface area contributed by atoms with Gasteiger partial charge in [0.15, 0.2) is 0 Å². The van der Waals surface area contributed by atoms with E-state index in [2.05, 4.69) is 30.9 Å². The molecule has 0 saturated carbocycles. The SMILES string of the molecule is COc1cc(C2(O)CC3CCC(C2)N3Cc2ccc(OCCCO)c(C)c2C)ccc1Cl. The Morgan fingerprint density at radius 1 is 1.06 bits per heavy atom. The number of benzene rings is 2. The van der Waals surface area contributed by atoms with Crippen molar-refractivity contribution in [2.45, 2.75) is 70.2 Å². The van der Waals surface area contributed by atoms with Gasteiger partial charge < -0.3 is 19.7 Å². The molecule has 5 nitrogen and oxygen atoms in total. The second-order valence-corrected chi connectivity index (χ2v) is 9.65. The molecule has 2 fully saturated rings. The molecule has 0 radical (unpaired) electrons. The minimum Gasteiger partial charge on any atom is -0.495 e. The van der Waals surface area contributed by atoms with Crippen LogP contribution in [-0.2, 0) is 12.1 Å². The van der Waals surface area contributed by atoms with Crippen molar-refractivity contribution in [2.75, 3.05) is 20.3 Å². The summed E-state index contributed by atoms with van der Waals surface area (Å²) in [4.78, 5) is 2.58. The maximum atomic E-state index is 11.6. The lowest BCUT2D eigenvalue weighted by Crippen LogP contribution is -2.49. The molecule has 2 N–H and O–H groups in total. The predicted molar refractivity (Wildman–Crippen MR) is 127 cm³/mol. The molecule has 2 aliphatic heterocycles. The Hall–Kier alpha value is -1.79. The third-order valence-electron chi connectivity index (χ3n) is 7.37. The molecule has 32 heavy (non-hydrogen) atoms. The molecule has 2 aromatic rings. The van der Waals surface area contributed by atoms with E-state index in [1.54, 1.807) is 7.11 Å². The first kappa shape index (κ1) is 23.4. The number of hydrogen-bond acceptors (Lipinski definition) is 5. The van der Waals surface area contributed by atoms with Gasteiger partial charge in [-0.25, -0.2) is 0 Å². The summed E-state index contributed by atoms with van der Waals surface area (Å²) in [5.74, 6) is 1.51. The highest BCUT2D eigenvalue weighted by Crippen LogP contribution is 2.47. The third kappa shape index (κ3) is 4.49. The van der Waals surface area contributed by atoms with Crippen LogP contribution < -0.4 is 9.47 Å². The van der Waals surface area contributed by atoms with Crippen molar-refractivity contribution in [3.63, 3.8) is 0 Å². The van der Waals surface area contributed by atoms with Gasteiger partial charge in [-0.2, -0.15) is 0 Å². The summed E-state index contributed by atoms with van der Waals surface area (Å²) >= 11 is 6.20. The lowest BCUT2D eigenvalue weighted by atomic mass is 9.80. The van der Waals surface area contributed by atoms with Gasteiger partial charge in [0.25, 0.3) is 0 Å². The Bertz CT molecular complexity index is 949. The monoisotopic (exact) mass is 459 g/mol. The molecule has 2 saturated heterocycles. The van der Waals surface area contributed by atoms with Gasteiger partial charge in [0, 0.05) is 31.7 Å². The number of piperidine rings is 1. The zero-order valence-electron chi connectivity index (χ0n) is 19.2. The normalized spacial score (nSPS) is 25.2. The second-order valence-electron chi connectivity index (χ2n) is 9.24. The van der Waals surface area contributed by atoms with E-state index in [4.69, 9.17) is 26.2 Å². The highest BCUT2D eigenvalue weighted by Gasteiger charge is 2.48. The fourth-order valence-corrected chi connectivity index (χ4v) is 5.58. The van der Waals surface area contributed by atoms with E-state index in [0.717, 1.165) is 36.3 Å². The molecule has 0 aliphatic carbocycles. The maximum absolute atomic E-state index is 11.6. The molecule has 2 unspecified atom stereocenters. The Morgan fingerprint density at radius 2 is 1.78 bits per heavy atom. The second kappa shape index (κ2) is 9.60. The average molecular weight is 460 g/mol. The molecular weight excluding hydrogens is 426 g/mol. The molecule has 2 heterocycles. The van der Waals surface area contributed by atoms with Gasteiger partial charge in [-0.05, 0) is 80.0 Å². The molecule has 2 aromatic carbocycles. The number of methoxy groups -OCH3 is 1. The van der Waals surface area contributed by atoms with Crippen molar-refractivity contribution in [1.82, 2.24) is 4.90 Å². The van der Waals surface area contributed by atoms with E-state index < -0.39 is 5.60 Å². The summed E-state index contributed by atoms with van der Waals surface area (Å²) in [6.07, 6.45) is 4.29. The van der Waals surface area contributed by atoms with Gasteiger partial charge in [-0.1, -0.05) is 23.7 Å². The zero-order valence-corrected chi connectivity index (χ0v) is 20.0. The third-order valence-corrected chi connectivity index (χ3v) is 7.68. The summed E-state index contributed by atoms with van der Waals surface area (Å²) < 4.78 is 11.2. The van der Waals surface area contributed by atoms with Crippen LogP contribution in [0.1, 0.15) is 54.4 Å². The van der Waals surface area contributed by atoms with Crippen molar-refractivity contribution >= 4 is 11.6 Å². The summed E-state index contributed by atoms with van der Waals surface area (Å²) in [7, 11) is 1.61. The fourth-order valence-electron chi connectivity index (χ4n) is 5.38. The highest BCUT2D eigenvalue weighted by molar-refractivity contribution is 6.32. The lowest BCUT2D eigenvalue weighted by Gasteiger charge is -2.44. The number of fused-ring (bicyclic) bond motifs is 2. The van der Waals surface area contributed by atoms with E-state index in [-0.39, 0.29) is 6.61 Å². The van der Waals surface area contributed by atoms with Crippen LogP contribution in [-0.4, -0.2) is 47.5 Å². The molecule has 2 aliphatic rings. The van der Waals surface area contributed by atoms with E-state index in [0.29, 0.717) is 48.7 Å². The molecule has 6 heteroatoms. The van der Waals surface area contributed by atoms with Gasteiger partial charge >= 0.3 is 0 Å². The minimum atomic E-state index is -0.852. The Kier molecular flexibility index (Phi) is 7.01. The van der Waals surface area contributed by atoms with Crippen LogP contribution in [0.2, 0.25) is 5.02 Å². The molecule has 0 aromatic heterocycles. The Balaban J connectivity index is 1.50. The van der Waals surface area contributed by atoms with E-state index >= 15 is 0 Å². The number of aliphatic hydroxyl groups excluding tert-OH is 1.